The van der Waals surface area contributed by atoms with Crippen molar-refractivity contribution in [1.29, 1.82) is 0 Å². The number of hydrogen-bond acceptors (Lipinski definition) is 3. The fraction of sp³-hybridized carbons (Fsp3) is 0.389. The summed E-state index contributed by atoms with van der Waals surface area (Å²) >= 11 is 0. The first-order chi connectivity index (χ1) is 11.1. The highest BCUT2D eigenvalue weighted by Gasteiger charge is 2.26. The molecule has 2 N–H and O–H groups in total. The summed E-state index contributed by atoms with van der Waals surface area (Å²) in [7, 11) is 0. The minimum Gasteiger partial charge on any atom is -0.481 e. The standard InChI is InChI=1S/C18H20N2O3/c21-16(20-15-8-6-13(7-9-15)18(22)23)11-14-4-1-3-12-5-2-10-19-17(12)14/h1-5,10,13,15H,6-9,11H2,(H,20,21)(H,22,23). The van der Waals surface area contributed by atoms with Crippen molar-refractivity contribution in [1.82, 2.24) is 10.3 Å². The average molecular weight is 312 g/mol. The summed E-state index contributed by atoms with van der Waals surface area (Å²) in [6.45, 7) is 0. The van der Waals surface area contributed by atoms with Crippen LogP contribution in [0.4, 0.5) is 0 Å². The van der Waals surface area contributed by atoms with Crippen LogP contribution in [0.3, 0.4) is 0 Å². The largest absolute Gasteiger partial charge is 0.481 e. The van der Waals surface area contributed by atoms with Crippen molar-refractivity contribution in [3.63, 3.8) is 0 Å². The second-order valence-corrected chi connectivity index (χ2v) is 6.12. The van der Waals surface area contributed by atoms with Crippen molar-refractivity contribution >= 4 is 22.8 Å². The van der Waals surface area contributed by atoms with Crippen LogP contribution in [0.5, 0.6) is 0 Å². The Morgan fingerprint density at radius 1 is 1.13 bits per heavy atom. The van der Waals surface area contributed by atoms with Crippen molar-refractivity contribution in [3.8, 4) is 0 Å². The first kappa shape index (κ1) is 15.5. The second kappa shape index (κ2) is 6.77. The Bertz CT molecular complexity index is 716. The number of rotatable bonds is 4. The van der Waals surface area contributed by atoms with Gasteiger partial charge in [0.2, 0.25) is 5.91 Å². The maximum Gasteiger partial charge on any atom is 0.306 e. The summed E-state index contributed by atoms with van der Waals surface area (Å²) in [4.78, 5) is 27.6. The van der Waals surface area contributed by atoms with Crippen LogP contribution in [0.1, 0.15) is 31.2 Å². The summed E-state index contributed by atoms with van der Waals surface area (Å²) in [6.07, 6.45) is 4.77. The zero-order chi connectivity index (χ0) is 16.2. The van der Waals surface area contributed by atoms with E-state index in [0.717, 1.165) is 29.3 Å². The number of carbonyl (C=O) groups excluding carboxylic acids is 1. The molecule has 0 spiro atoms. The summed E-state index contributed by atoms with van der Waals surface area (Å²) in [5.74, 6) is -1.01. The molecule has 5 nitrogen and oxygen atoms in total. The van der Waals surface area contributed by atoms with Gasteiger partial charge in [-0.25, -0.2) is 0 Å². The Hall–Kier alpha value is -2.43. The highest BCUT2D eigenvalue weighted by molar-refractivity contribution is 5.87. The van der Waals surface area contributed by atoms with E-state index in [1.807, 2.05) is 30.3 Å². The molecule has 1 amide bonds. The number of pyridine rings is 1. The fourth-order valence-electron chi connectivity index (χ4n) is 3.25. The number of aliphatic carboxylic acids is 1. The van der Waals surface area contributed by atoms with Gasteiger partial charge in [0.05, 0.1) is 17.9 Å². The van der Waals surface area contributed by atoms with Crippen molar-refractivity contribution in [2.24, 2.45) is 5.92 Å². The van der Waals surface area contributed by atoms with Crippen molar-refractivity contribution < 1.29 is 14.7 Å². The number of para-hydroxylation sites is 1. The molecule has 23 heavy (non-hydrogen) atoms. The molecule has 1 aliphatic carbocycles. The molecule has 1 saturated carbocycles. The number of carboxylic acid groups (broad SMARTS) is 1. The Labute approximate surface area is 134 Å². The summed E-state index contributed by atoms with van der Waals surface area (Å²) in [5.41, 5.74) is 1.78. The molecule has 1 fully saturated rings. The van der Waals surface area contributed by atoms with Crippen LogP contribution in [0, 0.1) is 5.92 Å². The van der Waals surface area contributed by atoms with Gasteiger partial charge in [0.1, 0.15) is 0 Å². The predicted octanol–water partition coefficient (Wildman–Crippen LogP) is 2.54. The number of carbonyl (C=O) groups is 2. The molecule has 2 aromatic rings. The Morgan fingerprint density at radius 3 is 2.61 bits per heavy atom. The molecule has 1 aromatic heterocycles. The van der Waals surface area contributed by atoms with Gasteiger partial charge in [0.15, 0.2) is 0 Å². The minimum absolute atomic E-state index is 0.0260. The number of nitrogens with zero attached hydrogens (tertiary/aromatic N) is 1. The third-order valence-corrected chi connectivity index (χ3v) is 4.51. The van der Waals surface area contributed by atoms with Gasteiger partial charge in [-0.1, -0.05) is 24.3 Å². The lowest BCUT2D eigenvalue weighted by atomic mass is 9.86. The van der Waals surface area contributed by atoms with E-state index >= 15 is 0 Å². The summed E-state index contributed by atoms with van der Waals surface area (Å²) < 4.78 is 0. The maximum absolute atomic E-state index is 12.3. The Kier molecular flexibility index (Phi) is 4.55. The van der Waals surface area contributed by atoms with Crippen molar-refractivity contribution in [2.75, 3.05) is 0 Å². The van der Waals surface area contributed by atoms with Crippen LogP contribution >= 0.6 is 0 Å². The zero-order valence-corrected chi connectivity index (χ0v) is 12.9. The van der Waals surface area contributed by atoms with E-state index in [-0.39, 0.29) is 17.9 Å². The molecule has 0 saturated heterocycles. The lowest BCUT2D eigenvalue weighted by Gasteiger charge is -2.26. The molecular formula is C18H20N2O3. The third kappa shape index (κ3) is 3.67. The quantitative estimate of drug-likeness (QED) is 0.909. The van der Waals surface area contributed by atoms with E-state index in [0.29, 0.717) is 19.3 Å². The van der Waals surface area contributed by atoms with Crippen LogP contribution in [-0.2, 0) is 16.0 Å². The molecule has 1 aromatic carbocycles. The van der Waals surface area contributed by atoms with E-state index in [1.54, 1.807) is 6.20 Å². The van der Waals surface area contributed by atoms with Gasteiger partial charge in [-0.05, 0) is 37.3 Å². The molecule has 0 bridgehead atoms. The van der Waals surface area contributed by atoms with Gasteiger partial charge in [0.25, 0.3) is 0 Å². The van der Waals surface area contributed by atoms with Gasteiger partial charge < -0.3 is 10.4 Å². The van der Waals surface area contributed by atoms with E-state index in [2.05, 4.69) is 10.3 Å². The van der Waals surface area contributed by atoms with Crippen LogP contribution < -0.4 is 5.32 Å². The Balaban J connectivity index is 1.60. The summed E-state index contributed by atoms with van der Waals surface area (Å²) in [6, 6.07) is 9.79. The molecular weight excluding hydrogens is 292 g/mol. The number of benzene rings is 1. The van der Waals surface area contributed by atoms with Gasteiger partial charge >= 0.3 is 5.97 Å². The van der Waals surface area contributed by atoms with Gasteiger partial charge in [-0.3, -0.25) is 14.6 Å². The zero-order valence-electron chi connectivity index (χ0n) is 12.9. The third-order valence-electron chi connectivity index (χ3n) is 4.51. The smallest absolute Gasteiger partial charge is 0.306 e. The normalized spacial score (nSPS) is 21.0. The fourth-order valence-corrected chi connectivity index (χ4v) is 3.25. The van der Waals surface area contributed by atoms with Crippen molar-refractivity contribution in [3.05, 3.63) is 42.1 Å². The average Bonchev–Trinajstić information content (AvgIpc) is 2.55. The number of aromatic nitrogens is 1. The van der Waals surface area contributed by atoms with Crippen LogP contribution in [0.25, 0.3) is 10.9 Å². The van der Waals surface area contributed by atoms with E-state index in [1.165, 1.54) is 0 Å². The molecule has 3 rings (SSSR count). The summed E-state index contributed by atoms with van der Waals surface area (Å²) in [5, 5.41) is 13.1. The molecule has 0 unspecified atom stereocenters. The highest BCUT2D eigenvalue weighted by Crippen LogP contribution is 2.24. The molecule has 1 aliphatic rings. The van der Waals surface area contributed by atoms with E-state index in [4.69, 9.17) is 5.11 Å². The molecule has 0 atom stereocenters. The topological polar surface area (TPSA) is 79.3 Å². The van der Waals surface area contributed by atoms with E-state index in [9.17, 15) is 9.59 Å². The van der Waals surface area contributed by atoms with Crippen LogP contribution in [0.2, 0.25) is 0 Å². The monoisotopic (exact) mass is 312 g/mol. The molecule has 0 radical (unpaired) electrons. The molecule has 5 heteroatoms. The molecule has 120 valence electrons. The maximum atomic E-state index is 12.3. The van der Waals surface area contributed by atoms with Gasteiger partial charge in [-0.2, -0.15) is 0 Å². The first-order valence-corrected chi connectivity index (χ1v) is 7.98. The lowest BCUT2D eigenvalue weighted by Crippen LogP contribution is -2.39. The lowest BCUT2D eigenvalue weighted by molar-refractivity contribution is -0.142. The number of amides is 1. The SMILES string of the molecule is O=C(Cc1cccc2cccnc12)NC1CCC(C(=O)O)CC1. The van der Waals surface area contributed by atoms with Crippen molar-refractivity contribution in [2.45, 2.75) is 38.1 Å². The molecule has 0 aliphatic heterocycles. The first-order valence-electron chi connectivity index (χ1n) is 7.98. The number of hydrogen-bond donors (Lipinski definition) is 2. The molecule has 1 heterocycles. The number of fused-ring (bicyclic) bond motifs is 1. The van der Waals surface area contributed by atoms with Gasteiger partial charge in [-0.15, -0.1) is 0 Å². The number of carboxylic acids is 1. The highest BCUT2D eigenvalue weighted by atomic mass is 16.4. The second-order valence-electron chi connectivity index (χ2n) is 6.12. The number of nitrogens with one attached hydrogen (secondary N) is 1. The Morgan fingerprint density at radius 2 is 1.87 bits per heavy atom. The predicted molar refractivity (Wildman–Crippen MR) is 87.0 cm³/mol. The van der Waals surface area contributed by atoms with Crippen LogP contribution in [-0.4, -0.2) is 28.0 Å². The van der Waals surface area contributed by atoms with E-state index < -0.39 is 5.97 Å². The van der Waals surface area contributed by atoms with Gasteiger partial charge in [0, 0.05) is 17.6 Å². The minimum atomic E-state index is -0.725. The van der Waals surface area contributed by atoms with Crippen LogP contribution in [0.15, 0.2) is 36.5 Å².